The van der Waals surface area contributed by atoms with Crippen molar-refractivity contribution in [3.8, 4) is 0 Å². The Morgan fingerprint density at radius 3 is 1.67 bits per heavy atom. The highest BCUT2D eigenvalue weighted by molar-refractivity contribution is 7.73. The molecular formula is C17H21P. The average Bonchev–Trinajstić information content (AvgIpc) is 2.42. The molecule has 94 valence electrons. The molecule has 1 heteroatoms. The molecule has 0 bridgehead atoms. The highest BCUT2D eigenvalue weighted by Crippen LogP contribution is 2.41. The maximum absolute atomic E-state index is 2.40. The zero-order valence-corrected chi connectivity index (χ0v) is 12.1. The Labute approximate surface area is 112 Å². The summed E-state index contributed by atoms with van der Waals surface area (Å²) in [6.07, 6.45) is 2.56. The van der Waals surface area contributed by atoms with Crippen LogP contribution in [0.15, 0.2) is 60.7 Å². The van der Waals surface area contributed by atoms with Crippen molar-refractivity contribution in [2.45, 2.75) is 32.3 Å². The Kier molecular flexibility index (Phi) is 4.96. The van der Waals surface area contributed by atoms with Gasteiger partial charge in [-0.15, -0.1) is 0 Å². The second-order valence-corrected chi connectivity index (χ2v) is 7.33. The maximum Gasteiger partial charge on any atom is -0.0157 e. The van der Waals surface area contributed by atoms with Crippen molar-refractivity contribution < 1.29 is 0 Å². The highest BCUT2D eigenvalue weighted by atomic mass is 31.1. The van der Waals surface area contributed by atoms with Crippen LogP contribution in [0.4, 0.5) is 0 Å². The van der Waals surface area contributed by atoms with Crippen LogP contribution >= 0.6 is 7.92 Å². The average molecular weight is 256 g/mol. The van der Waals surface area contributed by atoms with Crippen molar-refractivity contribution in [3.63, 3.8) is 0 Å². The van der Waals surface area contributed by atoms with Gasteiger partial charge in [0.05, 0.1) is 0 Å². The molecule has 0 radical (unpaired) electrons. The predicted octanol–water partition coefficient (Wildman–Crippen LogP) is 4.31. The second kappa shape index (κ2) is 6.71. The molecule has 0 unspecified atom stereocenters. The lowest BCUT2D eigenvalue weighted by molar-refractivity contribution is 0.782. The van der Waals surface area contributed by atoms with Crippen LogP contribution in [0.5, 0.6) is 0 Å². The van der Waals surface area contributed by atoms with Crippen molar-refractivity contribution in [1.29, 1.82) is 0 Å². The van der Waals surface area contributed by atoms with Crippen LogP contribution < -0.4 is 10.6 Å². The molecule has 0 fully saturated rings. The molecule has 2 aromatic carbocycles. The predicted molar refractivity (Wildman–Crippen MR) is 83.4 cm³/mol. The standard InChI is InChI=1S/C17H21P/c1-3-10-15(2)18(16-11-6-4-7-12-16)17-13-8-5-9-14-17/h4-9,11-15H,3,10H2,1-2H3/t15-/m0/s1. The maximum atomic E-state index is 2.40. The van der Waals surface area contributed by atoms with Gasteiger partial charge in [-0.25, -0.2) is 0 Å². The van der Waals surface area contributed by atoms with Gasteiger partial charge >= 0.3 is 0 Å². The van der Waals surface area contributed by atoms with Crippen LogP contribution in [0.25, 0.3) is 0 Å². The molecule has 0 aliphatic carbocycles. The topological polar surface area (TPSA) is 0 Å². The number of rotatable bonds is 5. The van der Waals surface area contributed by atoms with Gasteiger partial charge in [0, 0.05) is 0 Å². The molecule has 18 heavy (non-hydrogen) atoms. The van der Waals surface area contributed by atoms with E-state index in [1.165, 1.54) is 23.5 Å². The number of hydrogen-bond acceptors (Lipinski definition) is 0. The van der Waals surface area contributed by atoms with Crippen LogP contribution in [0.2, 0.25) is 0 Å². The lowest BCUT2D eigenvalue weighted by Crippen LogP contribution is -2.19. The van der Waals surface area contributed by atoms with E-state index in [2.05, 4.69) is 74.5 Å². The van der Waals surface area contributed by atoms with E-state index >= 15 is 0 Å². The normalized spacial score (nSPS) is 12.6. The Balaban J connectivity index is 2.35. The van der Waals surface area contributed by atoms with E-state index in [1.54, 1.807) is 0 Å². The summed E-state index contributed by atoms with van der Waals surface area (Å²) in [6.45, 7) is 4.68. The van der Waals surface area contributed by atoms with E-state index in [4.69, 9.17) is 0 Å². The molecular weight excluding hydrogens is 235 g/mol. The van der Waals surface area contributed by atoms with Gasteiger partial charge in [0.1, 0.15) is 0 Å². The van der Waals surface area contributed by atoms with Crippen molar-refractivity contribution in [1.82, 2.24) is 0 Å². The van der Waals surface area contributed by atoms with E-state index in [0.29, 0.717) is 0 Å². The largest absolute Gasteiger partial charge is 0.0654 e. The molecule has 0 heterocycles. The summed E-state index contributed by atoms with van der Waals surface area (Å²) in [4.78, 5) is 0. The SMILES string of the molecule is CCC[C@H](C)P(c1ccccc1)c1ccccc1. The van der Waals surface area contributed by atoms with Gasteiger partial charge in [-0.1, -0.05) is 80.9 Å². The summed E-state index contributed by atoms with van der Waals surface area (Å²) in [5, 5.41) is 3.00. The van der Waals surface area contributed by atoms with Crippen LogP contribution in [-0.2, 0) is 0 Å². The molecule has 1 atom stereocenters. The van der Waals surface area contributed by atoms with Gasteiger partial charge in [-0.2, -0.15) is 0 Å². The molecule has 0 saturated carbocycles. The highest BCUT2D eigenvalue weighted by Gasteiger charge is 2.19. The molecule has 0 amide bonds. The van der Waals surface area contributed by atoms with E-state index < -0.39 is 0 Å². The molecule has 0 aromatic heterocycles. The summed E-state index contributed by atoms with van der Waals surface area (Å²) in [5.74, 6) is 0. The fourth-order valence-electron chi connectivity index (χ4n) is 2.38. The van der Waals surface area contributed by atoms with Gasteiger partial charge in [-0.05, 0) is 30.6 Å². The van der Waals surface area contributed by atoms with Crippen molar-refractivity contribution >= 4 is 18.5 Å². The van der Waals surface area contributed by atoms with Gasteiger partial charge in [0.15, 0.2) is 0 Å². The smallest absolute Gasteiger partial charge is 0.0157 e. The minimum Gasteiger partial charge on any atom is -0.0654 e. The zero-order valence-electron chi connectivity index (χ0n) is 11.2. The van der Waals surface area contributed by atoms with Gasteiger partial charge < -0.3 is 0 Å². The summed E-state index contributed by atoms with van der Waals surface area (Å²) < 4.78 is 0. The van der Waals surface area contributed by atoms with Crippen LogP contribution in [0.3, 0.4) is 0 Å². The van der Waals surface area contributed by atoms with Gasteiger partial charge in [0.2, 0.25) is 0 Å². The Bertz CT molecular complexity index is 410. The molecule has 0 nitrogen and oxygen atoms in total. The van der Waals surface area contributed by atoms with Crippen molar-refractivity contribution in [2.75, 3.05) is 0 Å². The van der Waals surface area contributed by atoms with Crippen molar-refractivity contribution in [2.24, 2.45) is 0 Å². The molecule has 0 aliphatic heterocycles. The summed E-state index contributed by atoms with van der Waals surface area (Å²) in [6, 6.07) is 22.0. The van der Waals surface area contributed by atoms with Crippen LogP contribution in [0, 0.1) is 0 Å². The first-order valence-electron chi connectivity index (χ1n) is 6.72. The van der Waals surface area contributed by atoms with E-state index in [9.17, 15) is 0 Å². The third kappa shape index (κ3) is 3.21. The van der Waals surface area contributed by atoms with E-state index in [-0.39, 0.29) is 7.92 Å². The fraction of sp³-hybridized carbons (Fsp3) is 0.294. The van der Waals surface area contributed by atoms with E-state index in [1.807, 2.05) is 0 Å². The third-order valence-corrected chi connectivity index (χ3v) is 6.06. The molecule has 2 aromatic rings. The third-order valence-electron chi connectivity index (χ3n) is 3.22. The second-order valence-electron chi connectivity index (χ2n) is 4.68. The first-order valence-corrected chi connectivity index (χ1v) is 8.13. The fourth-order valence-corrected chi connectivity index (χ4v) is 5.20. The van der Waals surface area contributed by atoms with Gasteiger partial charge in [0.25, 0.3) is 0 Å². The number of hydrogen-bond donors (Lipinski definition) is 0. The van der Waals surface area contributed by atoms with Gasteiger partial charge in [-0.3, -0.25) is 0 Å². The summed E-state index contributed by atoms with van der Waals surface area (Å²) in [5.41, 5.74) is 0.745. The molecule has 2 rings (SSSR count). The van der Waals surface area contributed by atoms with Crippen LogP contribution in [-0.4, -0.2) is 5.66 Å². The Hall–Kier alpha value is -1.13. The monoisotopic (exact) mass is 256 g/mol. The molecule has 0 aliphatic rings. The Morgan fingerprint density at radius 1 is 0.833 bits per heavy atom. The number of benzene rings is 2. The molecule has 0 saturated heterocycles. The zero-order chi connectivity index (χ0) is 12.8. The van der Waals surface area contributed by atoms with E-state index in [0.717, 1.165) is 5.66 Å². The minimum atomic E-state index is -0.218. The molecule has 0 spiro atoms. The lowest BCUT2D eigenvalue weighted by atomic mass is 10.3. The summed E-state index contributed by atoms with van der Waals surface area (Å²) in [7, 11) is -0.218. The van der Waals surface area contributed by atoms with Crippen molar-refractivity contribution in [3.05, 3.63) is 60.7 Å². The van der Waals surface area contributed by atoms with Crippen LogP contribution in [0.1, 0.15) is 26.7 Å². The quantitative estimate of drug-likeness (QED) is 0.699. The first-order chi connectivity index (χ1) is 8.83. The first kappa shape index (κ1) is 13.3. The molecule has 0 N–H and O–H groups in total. The summed E-state index contributed by atoms with van der Waals surface area (Å²) >= 11 is 0. The Morgan fingerprint density at radius 2 is 1.28 bits per heavy atom. The lowest BCUT2D eigenvalue weighted by Gasteiger charge is -2.25. The minimum absolute atomic E-state index is 0.218.